The highest BCUT2D eigenvalue weighted by Crippen LogP contribution is 2.28. The van der Waals surface area contributed by atoms with E-state index in [0.29, 0.717) is 12.5 Å². The van der Waals surface area contributed by atoms with Crippen molar-refractivity contribution in [2.75, 3.05) is 13.2 Å². The van der Waals surface area contributed by atoms with Crippen LogP contribution in [0.1, 0.15) is 45.4 Å². The predicted octanol–water partition coefficient (Wildman–Crippen LogP) is 2.09. The average Bonchev–Trinajstić information content (AvgIpc) is 2.29. The van der Waals surface area contributed by atoms with E-state index in [9.17, 15) is 4.79 Å². The van der Waals surface area contributed by atoms with E-state index in [1.165, 1.54) is 0 Å². The summed E-state index contributed by atoms with van der Waals surface area (Å²) in [5, 5.41) is 0. The molecule has 0 aliphatic heterocycles. The van der Waals surface area contributed by atoms with E-state index < -0.39 is 0 Å². The fourth-order valence-corrected chi connectivity index (χ4v) is 2.07. The second kappa shape index (κ2) is 6.83. The van der Waals surface area contributed by atoms with Crippen LogP contribution in [-0.4, -0.2) is 19.1 Å². The summed E-state index contributed by atoms with van der Waals surface area (Å²) in [5.74, 6) is 0.785. The zero-order chi connectivity index (χ0) is 11.1. The molecule has 3 nitrogen and oxygen atoms in total. The van der Waals surface area contributed by atoms with Gasteiger partial charge in [-0.3, -0.25) is 4.79 Å². The number of hydrogen-bond donors (Lipinski definition) is 1. The molecule has 0 unspecified atom stereocenters. The van der Waals surface area contributed by atoms with Crippen molar-refractivity contribution in [2.24, 2.45) is 17.6 Å². The van der Waals surface area contributed by atoms with Crippen molar-refractivity contribution in [3.05, 3.63) is 0 Å². The largest absolute Gasteiger partial charge is 0.465 e. The maximum absolute atomic E-state index is 11.6. The number of carbonyl (C=O) groups is 1. The Morgan fingerprint density at radius 3 is 2.53 bits per heavy atom. The molecule has 0 atom stereocenters. The van der Waals surface area contributed by atoms with Gasteiger partial charge in [0.2, 0.25) is 0 Å². The molecule has 0 bridgehead atoms. The van der Waals surface area contributed by atoms with Crippen LogP contribution in [-0.2, 0) is 9.53 Å². The SMILES string of the molecule is CCCCOC(=O)[C@H]1CC[C@@H](CN)CC1. The molecule has 0 aromatic rings. The van der Waals surface area contributed by atoms with Crippen LogP contribution in [0.5, 0.6) is 0 Å². The second-order valence-corrected chi connectivity index (χ2v) is 4.47. The molecule has 0 spiro atoms. The van der Waals surface area contributed by atoms with Gasteiger partial charge in [0.15, 0.2) is 0 Å². The summed E-state index contributed by atoms with van der Waals surface area (Å²) in [7, 11) is 0. The van der Waals surface area contributed by atoms with E-state index in [2.05, 4.69) is 6.92 Å². The van der Waals surface area contributed by atoms with E-state index in [1.54, 1.807) is 0 Å². The van der Waals surface area contributed by atoms with E-state index in [1.807, 2.05) is 0 Å². The van der Waals surface area contributed by atoms with Gasteiger partial charge in [-0.25, -0.2) is 0 Å². The standard InChI is InChI=1S/C12H23NO2/c1-2-3-8-15-12(14)11-6-4-10(9-13)5-7-11/h10-11H,2-9,13H2,1H3/t10-,11+. The third kappa shape index (κ3) is 4.20. The molecule has 2 N–H and O–H groups in total. The van der Waals surface area contributed by atoms with Crippen molar-refractivity contribution in [3.8, 4) is 0 Å². The minimum absolute atomic E-state index is 0.0129. The lowest BCUT2D eigenvalue weighted by Gasteiger charge is -2.26. The first-order valence-corrected chi connectivity index (χ1v) is 6.14. The van der Waals surface area contributed by atoms with Gasteiger partial charge in [0, 0.05) is 0 Å². The molecule has 1 aliphatic carbocycles. The normalized spacial score (nSPS) is 26.3. The first-order chi connectivity index (χ1) is 7.27. The molecule has 1 saturated carbocycles. The Morgan fingerprint density at radius 2 is 2.00 bits per heavy atom. The van der Waals surface area contributed by atoms with Crippen LogP contribution in [0.25, 0.3) is 0 Å². The Labute approximate surface area is 92.4 Å². The van der Waals surface area contributed by atoms with E-state index in [-0.39, 0.29) is 11.9 Å². The zero-order valence-corrected chi connectivity index (χ0v) is 9.71. The lowest BCUT2D eigenvalue weighted by Crippen LogP contribution is -2.27. The quantitative estimate of drug-likeness (QED) is 0.562. The third-order valence-electron chi connectivity index (χ3n) is 3.26. The van der Waals surface area contributed by atoms with Crippen LogP contribution >= 0.6 is 0 Å². The molecule has 0 aromatic carbocycles. The summed E-state index contributed by atoms with van der Waals surface area (Å²) in [6.45, 7) is 3.45. The van der Waals surface area contributed by atoms with Gasteiger partial charge in [-0.05, 0) is 44.6 Å². The van der Waals surface area contributed by atoms with Gasteiger partial charge in [-0.15, -0.1) is 0 Å². The molecule has 3 heteroatoms. The van der Waals surface area contributed by atoms with Gasteiger partial charge in [0.1, 0.15) is 0 Å². The van der Waals surface area contributed by atoms with Gasteiger partial charge in [0.25, 0.3) is 0 Å². The van der Waals surface area contributed by atoms with Gasteiger partial charge < -0.3 is 10.5 Å². The minimum Gasteiger partial charge on any atom is -0.465 e. The van der Waals surface area contributed by atoms with E-state index in [4.69, 9.17) is 10.5 Å². The summed E-state index contributed by atoms with van der Waals surface area (Å²) in [4.78, 5) is 11.6. The highest BCUT2D eigenvalue weighted by molar-refractivity contribution is 5.72. The third-order valence-corrected chi connectivity index (χ3v) is 3.26. The topological polar surface area (TPSA) is 52.3 Å². The number of ether oxygens (including phenoxy) is 1. The van der Waals surface area contributed by atoms with Crippen LogP contribution in [0.2, 0.25) is 0 Å². The summed E-state index contributed by atoms with van der Waals surface area (Å²) < 4.78 is 5.22. The predicted molar refractivity (Wildman–Crippen MR) is 60.4 cm³/mol. The summed E-state index contributed by atoms with van der Waals surface area (Å²) in [6.07, 6.45) is 6.16. The number of unbranched alkanes of at least 4 members (excludes halogenated alkanes) is 1. The Balaban J connectivity index is 2.18. The molecule has 0 amide bonds. The smallest absolute Gasteiger partial charge is 0.308 e. The highest BCUT2D eigenvalue weighted by atomic mass is 16.5. The molecule has 1 fully saturated rings. The fourth-order valence-electron chi connectivity index (χ4n) is 2.07. The minimum atomic E-state index is 0.0129. The first kappa shape index (κ1) is 12.5. The molecule has 0 heterocycles. The van der Waals surface area contributed by atoms with Gasteiger partial charge in [0.05, 0.1) is 12.5 Å². The Morgan fingerprint density at radius 1 is 1.33 bits per heavy atom. The molecule has 88 valence electrons. The molecular formula is C12H23NO2. The van der Waals surface area contributed by atoms with E-state index >= 15 is 0 Å². The Bertz CT molecular complexity index is 186. The number of carbonyl (C=O) groups excluding carboxylic acids is 1. The molecule has 1 aliphatic rings. The zero-order valence-electron chi connectivity index (χ0n) is 9.71. The summed E-state index contributed by atoms with van der Waals surface area (Å²) in [5.41, 5.74) is 5.61. The summed E-state index contributed by atoms with van der Waals surface area (Å²) >= 11 is 0. The molecule has 0 saturated heterocycles. The van der Waals surface area contributed by atoms with Crippen molar-refractivity contribution in [3.63, 3.8) is 0 Å². The first-order valence-electron chi connectivity index (χ1n) is 6.14. The Kier molecular flexibility index (Phi) is 5.69. The number of nitrogens with two attached hydrogens (primary N) is 1. The van der Waals surface area contributed by atoms with Crippen molar-refractivity contribution in [1.29, 1.82) is 0 Å². The van der Waals surface area contributed by atoms with Crippen LogP contribution < -0.4 is 5.73 Å². The van der Waals surface area contributed by atoms with Crippen molar-refractivity contribution < 1.29 is 9.53 Å². The Hall–Kier alpha value is -0.570. The molecule has 0 aromatic heterocycles. The summed E-state index contributed by atoms with van der Waals surface area (Å²) in [6, 6.07) is 0. The second-order valence-electron chi connectivity index (χ2n) is 4.47. The number of hydrogen-bond acceptors (Lipinski definition) is 3. The van der Waals surface area contributed by atoms with E-state index in [0.717, 1.165) is 45.1 Å². The monoisotopic (exact) mass is 213 g/mol. The van der Waals surface area contributed by atoms with Crippen molar-refractivity contribution in [2.45, 2.75) is 45.4 Å². The molecule has 1 rings (SSSR count). The number of rotatable bonds is 5. The fraction of sp³-hybridized carbons (Fsp3) is 0.917. The average molecular weight is 213 g/mol. The van der Waals surface area contributed by atoms with Crippen molar-refractivity contribution >= 4 is 5.97 Å². The maximum atomic E-state index is 11.6. The van der Waals surface area contributed by atoms with Crippen LogP contribution in [0, 0.1) is 11.8 Å². The maximum Gasteiger partial charge on any atom is 0.308 e. The van der Waals surface area contributed by atoms with Gasteiger partial charge in [-0.1, -0.05) is 13.3 Å². The van der Waals surface area contributed by atoms with Crippen LogP contribution in [0.3, 0.4) is 0 Å². The molecular weight excluding hydrogens is 190 g/mol. The lowest BCUT2D eigenvalue weighted by molar-refractivity contribution is -0.150. The van der Waals surface area contributed by atoms with Crippen LogP contribution in [0.4, 0.5) is 0 Å². The molecule has 0 radical (unpaired) electrons. The highest BCUT2D eigenvalue weighted by Gasteiger charge is 2.26. The lowest BCUT2D eigenvalue weighted by atomic mass is 9.82. The van der Waals surface area contributed by atoms with Crippen LogP contribution in [0.15, 0.2) is 0 Å². The number of esters is 1. The van der Waals surface area contributed by atoms with Crippen molar-refractivity contribution in [1.82, 2.24) is 0 Å². The molecule has 15 heavy (non-hydrogen) atoms. The van der Waals surface area contributed by atoms with Gasteiger partial charge >= 0.3 is 5.97 Å². The van der Waals surface area contributed by atoms with Gasteiger partial charge in [-0.2, -0.15) is 0 Å².